The molecule has 1 rings (SSSR count). The van der Waals surface area contributed by atoms with Crippen LogP contribution in [0.4, 0.5) is 0 Å². The number of hydrogen-bond acceptors (Lipinski definition) is 4. The number of benzene rings is 1. The summed E-state index contributed by atoms with van der Waals surface area (Å²) in [5.74, 6) is 1.02. The molecule has 0 spiro atoms. The van der Waals surface area contributed by atoms with Crippen LogP contribution in [-0.4, -0.2) is 38.1 Å². The van der Waals surface area contributed by atoms with Gasteiger partial charge in [-0.15, -0.1) is 0 Å². The molecule has 1 amide bonds. The summed E-state index contributed by atoms with van der Waals surface area (Å²) < 4.78 is 10.8. The largest absolute Gasteiger partial charge is 0.493 e. The first-order valence-electron chi connectivity index (χ1n) is 5.74. The van der Waals surface area contributed by atoms with E-state index in [1.165, 1.54) is 4.90 Å². The Morgan fingerprint density at radius 3 is 2.56 bits per heavy atom. The minimum Gasteiger partial charge on any atom is -0.493 e. The molecule has 0 bridgehead atoms. The van der Waals surface area contributed by atoms with Crippen LogP contribution in [0.1, 0.15) is 12.5 Å². The van der Waals surface area contributed by atoms with Gasteiger partial charge < -0.3 is 20.1 Å². The molecule has 1 unspecified atom stereocenters. The molecule has 0 aliphatic heterocycles. The maximum absolute atomic E-state index is 11.7. The zero-order chi connectivity index (χ0) is 13.7. The fourth-order valence-electron chi connectivity index (χ4n) is 1.54. The van der Waals surface area contributed by atoms with Crippen LogP contribution in [0, 0.1) is 0 Å². The number of carbonyl (C=O) groups excluding carboxylic acids is 1. The molecule has 2 N–H and O–H groups in total. The third-order valence-corrected chi connectivity index (χ3v) is 2.56. The maximum atomic E-state index is 11.7. The number of likely N-dealkylation sites (N-methyl/N-ethyl adjacent to an activating group) is 1. The Morgan fingerprint density at radius 1 is 1.39 bits per heavy atom. The van der Waals surface area contributed by atoms with Crippen molar-refractivity contribution in [2.24, 2.45) is 5.73 Å². The molecular formula is C13H20N2O3. The first-order valence-corrected chi connectivity index (χ1v) is 5.74. The lowest BCUT2D eigenvalue weighted by Crippen LogP contribution is -2.35. The van der Waals surface area contributed by atoms with Gasteiger partial charge in [-0.3, -0.25) is 4.79 Å². The molecule has 5 heteroatoms. The second kappa shape index (κ2) is 6.26. The number of rotatable bonds is 5. The number of methoxy groups -OCH3 is 1. The van der Waals surface area contributed by atoms with E-state index in [0.717, 1.165) is 5.56 Å². The summed E-state index contributed by atoms with van der Waals surface area (Å²) in [4.78, 5) is 13.2. The Kier molecular flexibility index (Phi) is 4.97. The van der Waals surface area contributed by atoms with E-state index in [4.69, 9.17) is 15.2 Å². The van der Waals surface area contributed by atoms with Crippen LogP contribution in [0.2, 0.25) is 0 Å². The minimum atomic E-state index is -0.568. The number of nitrogens with zero attached hydrogens (tertiary/aromatic N) is 1. The van der Waals surface area contributed by atoms with Crippen molar-refractivity contribution in [3.63, 3.8) is 0 Å². The van der Waals surface area contributed by atoms with Crippen molar-refractivity contribution in [3.05, 3.63) is 23.8 Å². The molecule has 0 heterocycles. The molecule has 0 fully saturated rings. The average molecular weight is 252 g/mol. The lowest BCUT2D eigenvalue weighted by Gasteiger charge is -2.20. The van der Waals surface area contributed by atoms with E-state index in [2.05, 4.69) is 0 Å². The third kappa shape index (κ3) is 3.37. The molecule has 0 aliphatic carbocycles. The molecule has 0 saturated carbocycles. The van der Waals surface area contributed by atoms with Gasteiger partial charge in [0.1, 0.15) is 0 Å². The summed E-state index contributed by atoms with van der Waals surface area (Å²) >= 11 is 0. The van der Waals surface area contributed by atoms with E-state index in [1.54, 1.807) is 40.3 Å². The molecule has 1 aromatic rings. The summed E-state index contributed by atoms with van der Waals surface area (Å²) in [5, 5.41) is 0. The molecule has 1 aromatic carbocycles. The first-order chi connectivity index (χ1) is 8.49. The zero-order valence-electron chi connectivity index (χ0n) is 11.3. The lowest BCUT2D eigenvalue weighted by molar-refractivity contribution is -0.135. The fourth-order valence-corrected chi connectivity index (χ4v) is 1.54. The SMILES string of the molecule is COc1ccc(CN)cc1OC(C)C(=O)N(C)C. The number of nitrogens with two attached hydrogens (primary N) is 1. The van der Waals surface area contributed by atoms with Crippen LogP contribution in [0.25, 0.3) is 0 Å². The zero-order valence-corrected chi connectivity index (χ0v) is 11.3. The first kappa shape index (κ1) is 14.3. The third-order valence-electron chi connectivity index (χ3n) is 2.56. The highest BCUT2D eigenvalue weighted by atomic mass is 16.5. The Labute approximate surface area is 107 Å². The molecule has 1 atom stereocenters. The van der Waals surface area contributed by atoms with Crippen LogP contribution < -0.4 is 15.2 Å². The smallest absolute Gasteiger partial charge is 0.262 e. The molecule has 0 radical (unpaired) electrons. The Hall–Kier alpha value is -1.75. The molecule has 18 heavy (non-hydrogen) atoms. The summed E-state index contributed by atoms with van der Waals surface area (Å²) in [6.45, 7) is 2.12. The molecule has 0 aliphatic rings. The monoisotopic (exact) mass is 252 g/mol. The summed E-state index contributed by atoms with van der Waals surface area (Å²) in [6, 6.07) is 5.44. The van der Waals surface area contributed by atoms with Gasteiger partial charge in [0.05, 0.1) is 7.11 Å². The van der Waals surface area contributed by atoms with E-state index in [-0.39, 0.29) is 5.91 Å². The van der Waals surface area contributed by atoms with Crippen LogP contribution in [0.15, 0.2) is 18.2 Å². The highest BCUT2D eigenvalue weighted by Crippen LogP contribution is 2.29. The minimum absolute atomic E-state index is 0.102. The highest BCUT2D eigenvalue weighted by molar-refractivity contribution is 5.80. The molecule has 0 saturated heterocycles. The molecular weight excluding hydrogens is 232 g/mol. The van der Waals surface area contributed by atoms with E-state index in [9.17, 15) is 4.79 Å². The number of amides is 1. The molecule has 100 valence electrons. The van der Waals surface area contributed by atoms with Crippen molar-refractivity contribution in [3.8, 4) is 11.5 Å². The van der Waals surface area contributed by atoms with Gasteiger partial charge in [0.15, 0.2) is 17.6 Å². The van der Waals surface area contributed by atoms with Gasteiger partial charge in [0, 0.05) is 20.6 Å². The number of ether oxygens (including phenoxy) is 2. The second-order valence-electron chi connectivity index (χ2n) is 4.18. The van der Waals surface area contributed by atoms with Crippen LogP contribution in [-0.2, 0) is 11.3 Å². The highest BCUT2D eigenvalue weighted by Gasteiger charge is 2.18. The Morgan fingerprint density at radius 2 is 2.06 bits per heavy atom. The van der Waals surface area contributed by atoms with Crippen molar-refractivity contribution in [2.45, 2.75) is 19.6 Å². The number of hydrogen-bond donors (Lipinski definition) is 1. The van der Waals surface area contributed by atoms with E-state index in [0.29, 0.717) is 18.0 Å². The van der Waals surface area contributed by atoms with E-state index >= 15 is 0 Å². The van der Waals surface area contributed by atoms with E-state index < -0.39 is 6.10 Å². The van der Waals surface area contributed by atoms with Crippen LogP contribution in [0.3, 0.4) is 0 Å². The molecule has 0 aromatic heterocycles. The topological polar surface area (TPSA) is 64.8 Å². The standard InChI is InChI=1S/C13H20N2O3/c1-9(13(16)15(2)3)18-12-7-10(8-14)5-6-11(12)17-4/h5-7,9H,8,14H2,1-4H3. The van der Waals surface area contributed by atoms with Crippen LogP contribution >= 0.6 is 0 Å². The van der Waals surface area contributed by atoms with Gasteiger partial charge in [-0.05, 0) is 24.6 Å². The van der Waals surface area contributed by atoms with Crippen molar-refractivity contribution >= 4 is 5.91 Å². The van der Waals surface area contributed by atoms with Crippen molar-refractivity contribution in [1.82, 2.24) is 4.90 Å². The molecule has 5 nitrogen and oxygen atoms in total. The van der Waals surface area contributed by atoms with Gasteiger partial charge >= 0.3 is 0 Å². The second-order valence-corrected chi connectivity index (χ2v) is 4.18. The maximum Gasteiger partial charge on any atom is 0.262 e. The predicted octanol–water partition coefficient (Wildman–Crippen LogP) is 1.01. The quantitative estimate of drug-likeness (QED) is 0.849. The van der Waals surface area contributed by atoms with Crippen molar-refractivity contribution < 1.29 is 14.3 Å². The summed E-state index contributed by atoms with van der Waals surface area (Å²) in [6.07, 6.45) is -0.568. The lowest BCUT2D eigenvalue weighted by atomic mass is 10.2. The van der Waals surface area contributed by atoms with Gasteiger partial charge in [0.2, 0.25) is 0 Å². The van der Waals surface area contributed by atoms with Gasteiger partial charge in [-0.1, -0.05) is 6.07 Å². The van der Waals surface area contributed by atoms with Gasteiger partial charge in [-0.2, -0.15) is 0 Å². The van der Waals surface area contributed by atoms with Crippen LogP contribution in [0.5, 0.6) is 11.5 Å². The summed E-state index contributed by atoms with van der Waals surface area (Å²) in [5.41, 5.74) is 6.50. The number of carbonyl (C=O) groups is 1. The van der Waals surface area contributed by atoms with Crippen molar-refractivity contribution in [2.75, 3.05) is 21.2 Å². The average Bonchev–Trinajstić information content (AvgIpc) is 2.37. The predicted molar refractivity (Wildman–Crippen MR) is 69.7 cm³/mol. The van der Waals surface area contributed by atoms with Crippen molar-refractivity contribution in [1.29, 1.82) is 0 Å². The normalized spacial score (nSPS) is 11.8. The van der Waals surface area contributed by atoms with E-state index in [1.807, 2.05) is 6.07 Å². The Bertz CT molecular complexity index is 419. The Balaban J connectivity index is 2.91. The van der Waals surface area contributed by atoms with Gasteiger partial charge in [0.25, 0.3) is 5.91 Å². The van der Waals surface area contributed by atoms with Gasteiger partial charge in [-0.25, -0.2) is 0 Å². The fraction of sp³-hybridized carbons (Fsp3) is 0.462. The summed E-state index contributed by atoms with van der Waals surface area (Å²) in [7, 11) is 4.94.